The second-order valence-electron chi connectivity index (χ2n) is 9.06. The highest BCUT2D eigenvalue weighted by molar-refractivity contribution is 7.93. The van der Waals surface area contributed by atoms with E-state index in [1.807, 2.05) is 13.8 Å². The lowest BCUT2D eigenvalue weighted by atomic mass is 9.93. The Labute approximate surface area is 221 Å². The first-order valence-electron chi connectivity index (χ1n) is 11.8. The summed E-state index contributed by atoms with van der Waals surface area (Å²) in [4.78, 5) is 36.8. The summed E-state index contributed by atoms with van der Waals surface area (Å²) in [6, 6.07) is 8.36. The van der Waals surface area contributed by atoms with Crippen LogP contribution in [0.5, 0.6) is 5.88 Å². The van der Waals surface area contributed by atoms with Crippen molar-refractivity contribution in [1.82, 2.24) is 15.0 Å². The number of aryl methyl sites for hydroxylation is 1. The summed E-state index contributed by atoms with van der Waals surface area (Å²) < 4.78 is 39.3. The zero-order valence-electron chi connectivity index (χ0n) is 21.8. The van der Waals surface area contributed by atoms with Crippen LogP contribution in [0.4, 0.5) is 10.6 Å². The number of aliphatic carboxylic acids is 1. The van der Waals surface area contributed by atoms with Crippen molar-refractivity contribution in [2.24, 2.45) is 11.8 Å². The molecule has 2 heterocycles. The predicted molar refractivity (Wildman–Crippen MR) is 139 cm³/mol. The van der Waals surface area contributed by atoms with Crippen molar-refractivity contribution in [2.75, 3.05) is 18.0 Å². The van der Waals surface area contributed by atoms with Crippen molar-refractivity contribution < 1.29 is 32.6 Å². The van der Waals surface area contributed by atoms with E-state index in [9.17, 15) is 23.1 Å². The number of carboxylic acids is 1. The van der Waals surface area contributed by atoms with Crippen LogP contribution in [0.25, 0.3) is 11.1 Å². The minimum atomic E-state index is -4.69. The fraction of sp³-hybridized carbons (Fsp3) is 0.346. The molecule has 0 saturated heterocycles. The average molecular weight is 543 g/mol. The van der Waals surface area contributed by atoms with Crippen molar-refractivity contribution >= 4 is 27.9 Å². The van der Waals surface area contributed by atoms with Crippen LogP contribution in [0.3, 0.4) is 0 Å². The van der Waals surface area contributed by atoms with Gasteiger partial charge < -0.3 is 14.6 Å². The number of aromatic nitrogens is 3. The van der Waals surface area contributed by atoms with Gasteiger partial charge in [0.2, 0.25) is 5.82 Å². The Morgan fingerprint density at radius 1 is 1.08 bits per heavy atom. The van der Waals surface area contributed by atoms with E-state index in [0.717, 1.165) is 6.20 Å². The largest absolute Gasteiger partial charge is 0.481 e. The van der Waals surface area contributed by atoms with Crippen LogP contribution in [0.15, 0.2) is 53.8 Å². The van der Waals surface area contributed by atoms with Crippen molar-refractivity contribution in [3.63, 3.8) is 0 Å². The fourth-order valence-corrected chi connectivity index (χ4v) is 5.05. The molecule has 0 aliphatic rings. The van der Waals surface area contributed by atoms with Gasteiger partial charge in [0.1, 0.15) is 4.90 Å². The molecule has 1 unspecified atom stereocenters. The van der Waals surface area contributed by atoms with Gasteiger partial charge in [0.25, 0.3) is 15.9 Å². The van der Waals surface area contributed by atoms with E-state index in [0.29, 0.717) is 21.1 Å². The zero-order chi connectivity index (χ0) is 28.0. The van der Waals surface area contributed by atoms with Crippen LogP contribution in [-0.2, 0) is 26.0 Å². The molecule has 3 aromatic rings. The molecular weight excluding hydrogens is 512 g/mol. The van der Waals surface area contributed by atoms with Crippen LogP contribution in [-0.4, -0.2) is 54.3 Å². The smallest absolute Gasteiger partial charge is 0.430 e. The van der Waals surface area contributed by atoms with E-state index in [4.69, 9.17) is 9.47 Å². The molecule has 202 valence electrons. The second-order valence-corrected chi connectivity index (χ2v) is 10.8. The van der Waals surface area contributed by atoms with Crippen molar-refractivity contribution in [3.8, 4) is 17.0 Å². The van der Waals surface area contributed by atoms with Crippen LogP contribution < -0.4 is 9.04 Å². The van der Waals surface area contributed by atoms with E-state index in [-0.39, 0.29) is 41.1 Å². The number of methoxy groups -OCH3 is 1. The number of hydrogen-bond acceptors (Lipinski definition) is 9. The summed E-state index contributed by atoms with van der Waals surface area (Å²) in [5.41, 5.74) is 1.78. The first kappa shape index (κ1) is 28.5. The highest BCUT2D eigenvalue weighted by atomic mass is 32.2. The monoisotopic (exact) mass is 542 g/mol. The summed E-state index contributed by atoms with van der Waals surface area (Å²) in [7, 11) is -3.41. The Hall–Kier alpha value is -4.06. The van der Waals surface area contributed by atoms with E-state index < -0.39 is 28.0 Å². The molecule has 0 saturated carbocycles. The van der Waals surface area contributed by atoms with Gasteiger partial charge in [-0.3, -0.25) is 9.78 Å². The Morgan fingerprint density at radius 3 is 2.45 bits per heavy atom. The maximum Gasteiger partial charge on any atom is 0.430 e. The molecule has 0 aliphatic heterocycles. The number of pyridine rings is 1. The van der Waals surface area contributed by atoms with Gasteiger partial charge in [-0.15, -0.1) is 4.31 Å². The highest BCUT2D eigenvalue weighted by Crippen LogP contribution is 2.36. The van der Waals surface area contributed by atoms with E-state index in [1.54, 1.807) is 38.1 Å². The standard InChI is InChI=1S/C26H30N4O7S/c1-16(2)15-37-26(33)30(23-24(36-5)29-18(4)13-28-23)38(34,35)22-14-27-11-10-21(22)20-9-7-6-8-19(20)12-17(3)25(31)32/h6-11,13-14,16-17H,12,15H2,1-5H3,(H,31,32). The zero-order valence-corrected chi connectivity index (χ0v) is 22.6. The van der Waals surface area contributed by atoms with E-state index >= 15 is 0 Å². The lowest BCUT2D eigenvalue weighted by Crippen LogP contribution is -2.39. The Morgan fingerprint density at radius 2 is 1.79 bits per heavy atom. The minimum absolute atomic E-state index is 0.0394. The van der Waals surface area contributed by atoms with Crippen molar-refractivity contribution in [3.05, 3.63) is 60.2 Å². The number of nitrogens with zero attached hydrogens (tertiary/aromatic N) is 4. The van der Waals surface area contributed by atoms with Crippen LogP contribution in [0.1, 0.15) is 32.0 Å². The molecule has 1 atom stereocenters. The first-order chi connectivity index (χ1) is 18.0. The summed E-state index contributed by atoms with van der Waals surface area (Å²) in [6.07, 6.45) is 2.82. The maximum absolute atomic E-state index is 14.2. The van der Waals surface area contributed by atoms with Crippen molar-refractivity contribution in [1.29, 1.82) is 0 Å². The second kappa shape index (κ2) is 12.0. The molecule has 0 aliphatic carbocycles. The molecule has 12 heteroatoms. The molecule has 1 amide bonds. The number of carbonyl (C=O) groups is 2. The maximum atomic E-state index is 14.2. The minimum Gasteiger partial charge on any atom is -0.481 e. The molecule has 0 spiro atoms. The lowest BCUT2D eigenvalue weighted by molar-refractivity contribution is -0.141. The van der Waals surface area contributed by atoms with Crippen LogP contribution in [0, 0.1) is 18.8 Å². The number of anilines is 1. The Bertz CT molecular complexity index is 1430. The van der Waals surface area contributed by atoms with Gasteiger partial charge in [-0.25, -0.2) is 23.2 Å². The molecule has 0 fully saturated rings. The number of rotatable bonds is 10. The summed E-state index contributed by atoms with van der Waals surface area (Å²) in [5, 5.41) is 9.42. The van der Waals surface area contributed by atoms with Gasteiger partial charge in [0.15, 0.2) is 0 Å². The summed E-state index contributed by atoms with van der Waals surface area (Å²) in [6.45, 7) is 6.79. The lowest BCUT2D eigenvalue weighted by Gasteiger charge is -2.24. The number of ether oxygens (including phenoxy) is 2. The van der Waals surface area contributed by atoms with Crippen LogP contribution >= 0.6 is 0 Å². The molecule has 11 nitrogen and oxygen atoms in total. The third kappa shape index (κ3) is 6.25. The topological polar surface area (TPSA) is 149 Å². The molecule has 1 N–H and O–H groups in total. The summed E-state index contributed by atoms with van der Waals surface area (Å²) >= 11 is 0. The average Bonchev–Trinajstić information content (AvgIpc) is 2.88. The van der Waals surface area contributed by atoms with Gasteiger partial charge in [-0.05, 0) is 36.5 Å². The van der Waals surface area contributed by atoms with Gasteiger partial charge in [0, 0.05) is 18.0 Å². The molecule has 0 bridgehead atoms. The highest BCUT2D eigenvalue weighted by Gasteiger charge is 2.38. The Kier molecular flexibility index (Phi) is 9.00. The van der Waals surface area contributed by atoms with Gasteiger partial charge in [0.05, 0.1) is 31.5 Å². The molecule has 1 aromatic carbocycles. The van der Waals surface area contributed by atoms with Gasteiger partial charge in [-0.2, -0.15) is 0 Å². The summed E-state index contributed by atoms with van der Waals surface area (Å²) in [5.74, 6) is -2.31. The number of carbonyl (C=O) groups excluding carboxylic acids is 1. The molecule has 38 heavy (non-hydrogen) atoms. The third-order valence-corrected chi connectivity index (χ3v) is 7.18. The number of sulfonamides is 1. The number of hydrogen-bond donors (Lipinski definition) is 1. The van der Waals surface area contributed by atoms with E-state index in [2.05, 4.69) is 15.0 Å². The van der Waals surface area contributed by atoms with Gasteiger partial charge in [-0.1, -0.05) is 45.0 Å². The number of amides is 1. The van der Waals surface area contributed by atoms with Gasteiger partial charge >= 0.3 is 12.1 Å². The molecule has 0 radical (unpaired) electrons. The number of carboxylic acid groups (broad SMARTS) is 1. The molecular formula is C26H30N4O7S. The fourth-order valence-electron chi connectivity index (χ4n) is 3.60. The van der Waals surface area contributed by atoms with E-state index in [1.165, 1.54) is 25.6 Å². The number of benzene rings is 1. The third-order valence-electron chi connectivity index (χ3n) is 5.49. The Balaban J connectivity index is 2.23. The SMILES string of the molecule is COc1nc(C)cnc1N(C(=O)OCC(C)C)S(=O)(=O)c1cnccc1-c1ccccc1CC(C)C(=O)O. The molecule has 3 rings (SSSR count). The first-order valence-corrected chi connectivity index (χ1v) is 13.3. The predicted octanol–water partition coefficient (Wildman–Crippen LogP) is 4.11. The van der Waals surface area contributed by atoms with Crippen molar-refractivity contribution in [2.45, 2.75) is 39.0 Å². The molecule has 2 aromatic heterocycles. The quantitative estimate of drug-likeness (QED) is 0.397. The van der Waals surface area contributed by atoms with Crippen LogP contribution in [0.2, 0.25) is 0 Å². The normalized spacial score (nSPS) is 12.2.